The zero-order valence-corrected chi connectivity index (χ0v) is 10.3. The third-order valence-corrected chi connectivity index (χ3v) is 2.00. The minimum Gasteiger partial charge on any atom is -0.510 e. The second-order valence-corrected chi connectivity index (χ2v) is 3.56. The Morgan fingerprint density at radius 2 is 1.84 bits per heavy atom. The quantitative estimate of drug-likeness (QED) is 0.503. The van der Waals surface area contributed by atoms with Gasteiger partial charge in [-0.1, -0.05) is 0 Å². The maximum absolute atomic E-state index is 11.9. The summed E-state index contributed by atoms with van der Waals surface area (Å²) in [5.74, 6) is -0.676. The molecule has 5 nitrogen and oxygen atoms in total. The predicted molar refractivity (Wildman–Crippen MR) is 63.6 cm³/mol. The van der Waals surface area contributed by atoms with Gasteiger partial charge in [-0.2, -0.15) is 13.9 Å². The summed E-state index contributed by atoms with van der Waals surface area (Å²) in [6, 6.07) is 5.38. The average molecular weight is 270 g/mol. The summed E-state index contributed by atoms with van der Waals surface area (Å²) in [5.41, 5.74) is 0.175. The number of benzene rings is 1. The van der Waals surface area contributed by atoms with E-state index >= 15 is 0 Å². The van der Waals surface area contributed by atoms with Crippen LogP contribution in [0.1, 0.15) is 13.8 Å². The van der Waals surface area contributed by atoms with E-state index in [9.17, 15) is 18.7 Å². The first-order valence-corrected chi connectivity index (χ1v) is 5.27. The van der Waals surface area contributed by atoms with Crippen LogP contribution in [-0.4, -0.2) is 17.5 Å². The van der Waals surface area contributed by atoms with Crippen molar-refractivity contribution in [3.63, 3.8) is 0 Å². The zero-order chi connectivity index (χ0) is 14.4. The van der Waals surface area contributed by atoms with Crippen molar-refractivity contribution in [2.24, 2.45) is 10.2 Å². The van der Waals surface area contributed by atoms with Gasteiger partial charge in [0.25, 0.3) is 0 Å². The number of ether oxygens (including phenoxy) is 1. The Morgan fingerprint density at radius 3 is 2.26 bits per heavy atom. The van der Waals surface area contributed by atoms with Crippen molar-refractivity contribution in [2.75, 3.05) is 0 Å². The number of aliphatic hydroxyl groups is 1. The number of rotatable bonds is 5. The second-order valence-electron chi connectivity index (χ2n) is 3.56. The van der Waals surface area contributed by atoms with Crippen LogP contribution in [-0.2, 0) is 4.79 Å². The van der Waals surface area contributed by atoms with Crippen LogP contribution < -0.4 is 4.74 Å². The van der Waals surface area contributed by atoms with Crippen LogP contribution in [0.3, 0.4) is 0 Å². The van der Waals surface area contributed by atoms with E-state index in [1.165, 1.54) is 38.1 Å². The molecule has 0 aliphatic heterocycles. The Morgan fingerprint density at radius 1 is 1.26 bits per heavy atom. The molecule has 1 aromatic rings. The molecule has 0 saturated carbocycles. The lowest BCUT2D eigenvalue weighted by atomic mass is 10.3. The Balaban J connectivity index is 2.83. The van der Waals surface area contributed by atoms with Gasteiger partial charge >= 0.3 is 6.61 Å². The third-order valence-electron chi connectivity index (χ3n) is 2.00. The molecule has 1 N–H and O–H groups in total. The van der Waals surface area contributed by atoms with Gasteiger partial charge in [-0.05, 0) is 31.2 Å². The highest BCUT2D eigenvalue weighted by Gasteiger charge is 2.07. The molecule has 0 radical (unpaired) electrons. The van der Waals surface area contributed by atoms with Gasteiger partial charge in [-0.25, -0.2) is 0 Å². The summed E-state index contributed by atoms with van der Waals surface area (Å²) < 4.78 is 28.0. The molecule has 0 unspecified atom stereocenters. The van der Waals surface area contributed by atoms with Crippen molar-refractivity contribution in [3.8, 4) is 5.75 Å². The first-order chi connectivity index (χ1) is 8.90. The minimum atomic E-state index is -2.89. The normalized spacial score (nSPS) is 12.7. The van der Waals surface area contributed by atoms with Crippen LogP contribution in [0.15, 0.2) is 46.0 Å². The zero-order valence-electron chi connectivity index (χ0n) is 10.3. The van der Waals surface area contributed by atoms with Gasteiger partial charge in [-0.15, -0.1) is 5.11 Å². The van der Waals surface area contributed by atoms with E-state index in [1.54, 1.807) is 0 Å². The van der Waals surface area contributed by atoms with Gasteiger partial charge in [0.05, 0.1) is 5.69 Å². The molecule has 0 bridgehead atoms. The molecule has 19 heavy (non-hydrogen) atoms. The van der Waals surface area contributed by atoms with E-state index in [1.807, 2.05) is 0 Å². The third kappa shape index (κ3) is 4.82. The van der Waals surface area contributed by atoms with Crippen LogP contribution >= 0.6 is 0 Å². The van der Waals surface area contributed by atoms with Crippen molar-refractivity contribution < 1.29 is 23.4 Å². The number of ketones is 1. The number of aliphatic hydroxyl groups excluding tert-OH is 1. The topological polar surface area (TPSA) is 71.2 Å². The van der Waals surface area contributed by atoms with Gasteiger partial charge < -0.3 is 9.84 Å². The summed E-state index contributed by atoms with van der Waals surface area (Å²) >= 11 is 0. The maximum atomic E-state index is 11.9. The molecule has 0 spiro atoms. The van der Waals surface area contributed by atoms with E-state index in [2.05, 4.69) is 15.0 Å². The smallest absolute Gasteiger partial charge is 0.387 e. The Bertz CT molecular complexity index is 506. The van der Waals surface area contributed by atoms with Crippen molar-refractivity contribution in [2.45, 2.75) is 20.5 Å². The molecule has 0 aliphatic rings. The summed E-state index contributed by atoms with van der Waals surface area (Å²) in [5, 5.41) is 16.5. The van der Waals surface area contributed by atoms with Gasteiger partial charge in [0.2, 0.25) is 0 Å². The van der Waals surface area contributed by atoms with E-state index < -0.39 is 12.4 Å². The number of Topliss-reactive ketones (excluding diaryl/α,β-unsaturated/α-hetero) is 1. The number of carbonyl (C=O) groups excluding carboxylic acids is 1. The monoisotopic (exact) mass is 270 g/mol. The number of alkyl halides is 2. The summed E-state index contributed by atoms with van der Waals surface area (Å²) in [4.78, 5) is 11.1. The molecule has 7 heteroatoms. The van der Waals surface area contributed by atoms with E-state index in [0.717, 1.165) is 0 Å². The fraction of sp³-hybridized carbons (Fsp3) is 0.250. The molecule has 0 atom stereocenters. The first kappa shape index (κ1) is 14.7. The minimum absolute atomic E-state index is 0.00498. The summed E-state index contributed by atoms with van der Waals surface area (Å²) in [6.07, 6.45) is 0. The number of azo groups is 1. The van der Waals surface area contributed by atoms with E-state index in [-0.39, 0.29) is 17.2 Å². The second kappa shape index (κ2) is 6.58. The Labute approximate surface area is 108 Å². The lowest BCUT2D eigenvalue weighted by molar-refractivity contribution is -0.113. The van der Waals surface area contributed by atoms with Gasteiger partial charge in [0.15, 0.2) is 11.5 Å². The predicted octanol–water partition coefficient (Wildman–Crippen LogP) is 3.75. The number of hydrogen-bond acceptors (Lipinski definition) is 5. The Hall–Kier alpha value is -2.31. The molecular weight excluding hydrogens is 258 g/mol. The molecule has 0 fully saturated rings. The number of carbonyl (C=O) groups is 1. The fourth-order valence-corrected chi connectivity index (χ4v) is 1.20. The van der Waals surface area contributed by atoms with Crippen LogP contribution in [0, 0.1) is 0 Å². The fourth-order valence-electron chi connectivity index (χ4n) is 1.20. The molecule has 0 amide bonds. The van der Waals surface area contributed by atoms with Gasteiger partial charge in [0.1, 0.15) is 11.5 Å². The SMILES string of the molecule is CC(=O)/C(N=Nc1ccc(OC(F)F)cc1)=C(/C)O. The molecule has 102 valence electrons. The number of halogens is 2. The highest BCUT2D eigenvalue weighted by molar-refractivity contribution is 5.93. The lowest BCUT2D eigenvalue weighted by Gasteiger charge is -2.03. The standard InChI is InChI=1S/C12H12F2N2O3/c1-7(17)11(8(2)18)16-15-9-3-5-10(6-4-9)19-12(13)14/h3-6,12,17H,1-2H3/b11-7+,16-15?. The summed E-state index contributed by atoms with van der Waals surface area (Å²) in [7, 11) is 0. The molecular formula is C12H12F2N2O3. The molecule has 0 saturated heterocycles. The van der Waals surface area contributed by atoms with Crippen LogP contribution in [0.4, 0.5) is 14.5 Å². The number of allylic oxidation sites excluding steroid dienone is 2. The van der Waals surface area contributed by atoms with Gasteiger partial charge in [-0.3, -0.25) is 4.79 Å². The molecule has 0 heterocycles. The molecule has 0 aliphatic carbocycles. The first-order valence-electron chi connectivity index (χ1n) is 5.27. The van der Waals surface area contributed by atoms with Crippen molar-refractivity contribution in [1.82, 2.24) is 0 Å². The van der Waals surface area contributed by atoms with E-state index in [4.69, 9.17) is 0 Å². The van der Waals surface area contributed by atoms with Crippen LogP contribution in [0.5, 0.6) is 5.75 Å². The van der Waals surface area contributed by atoms with E-state index in [0.29, 0.717) is 5.69 Å². The van der Waals surface area contributed by atoms with Crippen molar-refractivity contribution in [3.05, 3.63) is 35.7 Å². The van der Waals surface area contributed by atoms with Crippen molar-refractivity contribution in [1.29, 1.82) is 0 Å². The number of hydrogen-bond donors (Lipinski definition) is 1. The van der Waals surface area contributed by atoms with Gasteiger partial charge in [0, 0.05) is 6.92 Å². The number of nitrogens with zero attached hydrogens (tertiary/aromatic N) is 2. The molecule has 1 rings (SSSR count). The van der Waals surface area contributed by atoms with Crippen LogP contribution in [0.2, 0.25) is 0 Å². The average Bonchev–Trinajstić information content (AvgIpc) is 2.29. The maximum Gasteiger partial charge on any atom is 0.387 e. The highest BCUT2D eigenvalue weighted by Crippen LogP contribution is 2.21. The highest BCUT2D eigenvalue weighted by atomic mass is 19.3. The summed E-state index contributed by atoms with van der Waals surface area (Å²) in [6.45, 7) is -0.333. The lowest BCUT2D eigenvalue weighted by Crippen LogP contribution is -2.01. The van der Waals surface area contributed by atoms with Crippen molar-refractivity contribution >= 4 is 11.5 Å². The molecule has 1 aromatic carbocycles. The Kier molecular flexibility index (Phi) is 5.11. The molecule has 0 aromatic heterocycles. The van der Waals surface area contributed by atoms with Crippen LogP contribution in [0.25, 0.3) is 0 Å². The largest absolute Gasteiger partial charge is 0.510 e.